The number of hydrogen-bond donors (Lipinski definition) is 2. The number of sulfonamides is 1. The second-order valence-electron chi connectivity index (χ2n) is 4.21. The molecule has 1 aromatic rings. The largest absolute Gasteiger partial charge is 0.481 e. The summed E-state index contributed by atoms with van der Waals surface area (Å²) in [6.07, 6.45) is -5.14. The molecule has 0 bridgehead atoms. The molecule has 22 heavy (non-hydrogen) atoms. The molecule has 0 unspecified atom stereocenters. The van der Waals surface area contributed by atoms with Crippen molar-refractivity contribution in [2.75, 3.05) is 6.54 Å². The van der Waals surface area contributed by atoms with Crippen LogP contribution in [0.4, 0.5) is 13.2 Å². The number of aliphatic carboxylic acids is 1. The predicted molar refractivity (Wildman–Crippen MR) is 68.2 cm³/mol. The van der Waals surface area contributed by atoms with E-state index in [0.717, 1.165) is 12.1 Å². The lowest BCUT2D eigenvalue weighted by molar-refractivity contribution is -0.138. The molecule has 2 N–H and O–H groups in total. The number of carbonyl (C=O) groups is 1. The summed E-state index contributed by atoms with van der Waals surface area (Å²) in [5, 5.41) is 17.0. The number of halogens is 3. The minimum Gasteiger partial charge on any atom is -0.481 e. The second-order valence-corrected chi connectivity index (χ2v) is 5.98. The third-order valence-corrected chi connectivity index (χ3v) is 4.05. The van der Waals surface area contributed by atoms with E-state index in [-0.39, 0.29) is 19.4 Å². The first kappa shape index (κ1) is 17.9. The number of carboxylic acid groups (broad SMARTS) is 1. The van der Waals surface area contributed by atoms with Gasteiger partial charge in [-0.1, -0.05) is 0 Å². The average Bonchev–Trinajstić information content (AvgIpc) is 2.41. The fourth-order valence-electron chi connectivity index (χ4n) is 1.55. The highest BCUT2D eigenvalue weighted by Crippen LogP contribution is 2.33. The predicted octanol–water partition coefficient (Wildman–Crippen LogP) is 1.72. The Bertz CT molecular complexity index is 708. The Kier molecular flexibility index (Phi) is 5.51. The summed E-state index contributed by atoms with van der Waals surface area (Å²) in [5.41, 5.74) is -2.03. The maximum absolute atomic E-state index is 12.8. The van der Waals surface area contributed by atoms with Gasteiger partial charge in [0.05, 0.1) is 22.1 Å². The normalized spacial score (nSPS) is 11.9. The van der Waals surface area contributed by atoms with Crippen LogP contribution >= 0.6 is 0 Å². The average molecular weight is 336 g/mol. The van der Waals surface area contributed by atoms with Gasteiger partial charge in [-0.05, 0) is 24.6 Å². The monoisotopic (exact) mass is 336 g/mol. The van der Waals surface area contributed by atoms with E-state index in [2.05, 4.69) is 0 Å². The highest BCUT2D eigenvalue weighted by molar-refractivity contribution is 7.89. The molecule has 0 aliphatic heterocycles. The molecule has 1 rings (SSSR count). The lowest BCUT2D eigenvalue weighted by Crippen LogP contribution is -2.25. The quantitative estimate of drug-likeness (QED) is 0.769. The number of nitrogens with one attached hydrogen (secondary N) is 1. The number of nitriles is 1. The van der Waals surface area contributed by atoms with Crippen molar-refractivity contribution < 1.29 is 31.5 Å². The molecule has 120 valence electrons. The summed E-state index contributed by atoms with van der Waals surface area (Å²) in [5.74, 6) is -1.11. The van der Waals surface area contributed by atoms with Gasteiger partial charge in [-0.3, -0.25) is 4.79 Å². The lowest BCUT2D eigenvalue weighted by atomic mass is 10.1. The van der Waals surface area contributed by atoms with Crippen LogP contribution in [0.25, 0.3) is 0 Å². The zero-order chi connectivity index (χ0) is 17.0. The second kappa shape index (κ2) is 6.76. The van der Waals surface area contributed by atoms with Gasteiger partial charge in [-0.25, -0.2) is 13.1 Å². The van der Waals surface area contributed by atoms with Crippen LogP contribution in [0.3, 0.4) is 0 Å². The van der Waals surface area contributed by atoms with E-state index in [1.54, 1.807) is 0 Å². The number of carboxylic acids is 1. The fraction of sp³-hybridized carbons (Fsp3) is 0.333. The van der Waals surface area contributed by atoms with Crippen LogP contribution < -0.4 is 4.72 Å². The van der Waals surface area contributed by atoms with Crippen molar-refractivity contribution >= 4 is 16.0 Å². The molecular formula is C12H11F3N2O4S. The summed E-state index contributed by atoms with van der Waals surface area (Å²) in [6.45, 7) is -0.226. The zero-order valence-electron chi connectivity index (χ0n) is 11.0. The third kappa shape index (κ3) is 4.71. The van der Waals surface area contributed by atoms with Crippen LogP contribution in [-0.2, 0) is 21.0 Å². The standard InChI is InChI=1S/C12H11F3N2O4S/c13-12(14,15)10-6-9(4-3-8(10)7-16)22(20,21)17-5-1-2-11(18)19/h3-4,6,17H,1-2,5H2,(H,18,19). The number of benzene rings is 1. The van der Waals surface area contributed by atoms with Crippen LogP contribution in [0.1, 0.15) is 24.0 Å². The van der Waals surface area contributed by atoms with Gasteiger partial charge in [0.2, 0.25) is 10.0 Å². The van der Waals surface area contributed by atoms with Crippen LogP contribution in [0.15, 0.2) is 23.1 Å². The number of rotatable bonds is 6. The van der Waals surface area contributed by atoms with Gasteiger partial charge in [0, 0.05) is 13.0 Å². The Hall–Kier alpha value is -2.12. The Morgan fingerprint density at radius 2 is 2.00 bits per heavy atom. The molecule has 0 spiro atoms. The van der Waals surface area contributed by atoms with Crippen LogP contribution in [0.5, 0.6) is 0 Å². The Balaban J connectivity index is 3.01. The van der Waals surface area contributed by atoms with Gasteiger partial charge in [0.25, 0.3) is 0 Å². The molecule has 0 radical (unpaired) electrons. The van der Waals surface area contributed by atoms with Gasteiger partial charge < -0.3 is 5.11 Å². The highest BCUT2D eigenvalue weighted by atomic mass is 32.2. The van der Waals surface area contributed by atoms with E-state index in [9.17, 15) is 26.4 Å². The maximum Gasteiger partial charge on any atom is 0.417 e. The fourth-order valence-corrected chi connectivity index (χ4v) is 2.65. The summed E-state index contributed by atoms with van der Waals surface area (Å²) < 4.78 is 64.0. The number of nitrogens with zero attached hydrogens (tertiary/aromatic N) is 1. The van der Waals surface area contributed by atoms with Crippen LogP contribution in [0, 0.1) is 11.3 Å². The molecule has 0 fully saturated rings. The smallest absolute Gasteiger partial charge is 0.417 e. The van der Waals surface area contributed by atoms with E-state index in [1.165, 1.54) is 6.07 Å². The highest BCUT2D eigenvalue weighted by Gasteiger charge is 2.34. The Morgan fingerprint density at radius 1 is 1.36 bits per heavy atom. The Morgan fingerprint density at radius 3 is 2.50 bits per heavy atom. The molecular weight excluding hydrogens is 325 g/mol. The van der Waals surface area contributed by atoms with E-state index >= 15 is 0 Å². The van der Waals surface area contributed by atoms with Crippen LogP contribution in [0.2, 0.25) is 0 Å². The number of hydrogen-bond acceptors (Lipinski definition) is 4. The molecule has 0 atom stereocenters. The molecule has 0 heterocycles. The van der Waals surface area contributed by atoms with Crippen molar-refractivity contribution in [2.45, 2.75) is 23.9 Å². The minimum atomic E-state index is -4.86. The summed E-state index contributed by atoms with van der Waals surface area (Å²) in [4.78, 5) is 9.64. The van der Waals surface area contributed by atoms with Crippen molar-refractivity contribution in [2.24, 2.45) is 0 Å². The topological polar surface area (TPSA) is 107 Å². The first-order valence-electron chi connectivity index (χ1n) is 5.91. The van der Waals surface area contributed by atoms with Crippen molar-refractivity contribution in [1.29, 1.82) is 5.26 Å². The third-order valence-electron chi connectivity index (χ3n) is 2.59. The summed E-state index contributed by atoms with van der Waals surface area (Å²) in [6, 6.07) is 3.37. The molecule has 0 aromatic heterocycles. The van der Waals surface area contributed by atoms with Gasteiger partial charge in [-0.2, -0.15) is 18.4 Å². The molecule has 0 saturated carbocycles. The van der Waals surface area contributed by atoms with Gasteiger partial charge in [-0.15, -0.1) is 0 Å². The van der Waals surface area contributed by atoms with Crippen molar-refractivity contribution in [3.05, 3.63) is 29.3 Å². The minimum absolute atomic E-state index is 0.00301. The van der Waals surface area contributed by atoms with Crippen molar-refractivity contribution in [3.8, 4) is 6.07 Å². The molecule has 0 aliphatic carbocycles. The molecule has 1 aromatic carbocycles. The molecule has 6 nitrogen and oxygen atoms in total. The van der Waals surface area contributed by atoms with Gasteiger partial charge in [0.15, 0.2) is 0 Å². The van der Waals surface area contributed by atoms with Crippen molar-refractivity contribution in [3.63, 3.8) is 0 Å². The summed E-state index contributed by atoms with van der Waals surface area (Å²) in [7, 11) is -4.22. The lowest BCUT2D eigenvalue weighted by Gasteiger charge is -2.11. The van der Waals surface area contributed by atoms with Crippen LogP contribution in [-0.4, -0.2) is 26.0 Å². The first-order chi connectivity index (χ1) is 10.1. The molecule has 10 heteroatoms. The molecule has 0 amide bonds. The van der Waals surface area contributed by atoms with Crippen molar-refractivity contribution in [1.82, 2.24) is 4.72 Å². The Labute approximate surface area is 124 Å². The van der Waals surface area contributed by atoms with E-state index < -0.39 is 38.2 Å². The summed E-state index contributed by atoms with van der Waals surface area (Å²) >= 11 is 0. The molecule has 0 saturated heterocycles. The van der Waals surface area contributed by atoms with E-state index in [4.69, 9.17) is 10.4 Å². The first-order valence-corrected chi connectivity index (χ1v) is 7.39. The SMILES string of the molecule is N#Cc1ccc(S(=O)(=O)NCCCC(=O)O)cc1C(F)(F)F. The number of alkyl halides is 3. The molecule has 0 aliphatic rings. The van der Waals surface area contributed by atoms with E-state index in [1.807, 2.05) is 4.72 Å². The zero-order valence-corrected chi connectivity index (χ0v) is 11.8. The van der Waals surface area contributed by atoms with E-state index in [0.29, 0.717) is 6.07 Å². The maximum atomic E-state index is 12.8. The van der Waals surface area contributed by atoms with Gasteiger partial charge in [0.1, 0.15) is 0 Å². The van der Waals surface area contributed by atoms with Gasteiger partial charge >= 0.3 is 12.1 Å².